The highest BCUT2D eigenvalue weighted by Crippen LogP contribution is 2.23. The molecule has 0 saturated carbocycles. The van der Waals surface area contributed by atoms with Crippen LogP contribution in [0.25, 0.3) is 0 Å². The second-order valence-electron chi connectivity index (χ2n) is 6.93. The van der Waals surface area contributed by atoms with E-state index in [9.17, 15) is 9.59 Å². The molecule has 7 nitrogen and oxygen atoms in total. The molecule has 2 amide bonds. The molecule has 1 aliphatic heterocycles. The van der Waals surface area contributed by atoms with Crippen molar-refractivity contribution in [3.63, 3.8) is 0 Å². The molecular formula is C22H21N5O2. The molecule has 7 heteroatoms. The van der Waals surface area contributed by atoms with Crippen molar-refractivity contribution in [2.45, 2.75) is 19.4 Å². The van der Waals surface area contributed by atoms with Crippen molar-refractivity contribution in [2.24, 2.45) is 0 Å². The van der Waals surface area contributed by atoms with Crippen molar-refractivity contribution in [3.8, 4) is 0 Å². The smallest absolute Gasteiger partial charge is 0.276 e. The zero-order valence-electron chi connectivity index (χ0n) is 16.0. The van der Waals surface area contributed by atoms with Crippen molar-refractivity contribution in [1.82, 2.24) is 10.2 Å². The van der Waals surface area contributed by atoms with Gasteiger partial charge in [0.1, 0.15) is 11.9 Å². The molecule has 1 atom stereocenters. The van der Waals surface area contributed by atoms with Crippen LogP contribution in [0.1, 0.15) is 22.5 Å². The zero-order valence-corrected chi connectivity index (χ0v) is 16.0. The number of carbonyl (C=O) groups is 2. The lowest BCUT2D eigenvalue weighted by molar-refractivity contribution is -0.117. The van der Waals surface area contributed by atoms with E-state index in [1.807, 2.05) is 49.4 Å². The number of rotatable bonds is 5. The summed E-state index contributed by atoms with van der Waals surface area (Å²) in [4.78, 5) is 26.7. The maximum atomic E-state index is 12.7. The Morgan fingerprint density at radius 1 is 1.00 bits per heavy atom. The number of carbonyl (C=O) groups excluding carboxylic acids is 2. The van der Waals surface area contributed by atoms with Crippen molar-refractivity contribution >= 4 is 29.0 Å². The van der Waals surface area contributed by atoms with E-state index in [-0.39, 0.29) is 23.6 Å². The van der Waals surface area contributed by atoms with Gasteiger partial charge in [-0.15, -0.1) is 10.2 Å². The Balaban J connectivity index is 1.38. The largest absolute Gasteiger partial charge is 0.357 e. The molecule has 1 unspecified atom stereocenters. The van der Waals surface area contributed by atoms with Crippen molar-refractivity contribution in [1.29, 1.82) is 0 Å². The summed E-state index contributed by atoms with van der Waals surface area (Å²) in [6.45, 7) is 2.66. The lowest BCUT2D eigenvalue weighted by Gasteiger charge is -2.17. The first-order valence-electron chi connectivity index (χ1n) is 9.45. The maximum absolute atomic E-state index is 12.7. The van der Waals surface area contributed by atoms with Crippen molar-refractivity contribution in [3.05, 3.63) is 78.0 Å². The number of benzene rings is 2. The minimum absolute atomic E-state index is 0.00144. The number of aryl methyl sites for hydroxylation is 1. The van der Waals surface area contributed by atoms with E-state index in [1.54, 1.807) is 29.2 Å². The Morgan fingerprint density at radius 2 is 1.76 bits per heavy atom. The van der Waals surface area contributed by atoms with E-state index in [4.69, 9.17) is 0 Å². The molecule has 1 aromatic heterocycles. The third kappa shape index (κ3) is 4.24. The lowest BCUT2D eigenvalue weighted by Crippen LogP contribution is -2.33. The monoisotopic (exact) mass is 387 g/mol. The average molecular weight is 387 g/mol. The highest BCUT2D eigenvalue weighted by atomic mass is 16.2. The summed E-state index contributed by atoms with van der Waals surface area (Å²) >= 11 is 0. The van der Waals surface area contributed by atoms with Crippen LogP contribution in [0.15, 0.2) is 66.7 Å². The molecule has 1 aliphatic rings. The Labute approximate surface area is 168 Å². The molecule has 0 radical (unpaired) electrons. The van der Waals surface area contributed by atoms with Crippen LogP contribution in [-0.4, -0.2) is 34.6 Å². The number of aromatic nitrogens is 2. The summed E-state index contributed by atoms with van der Waals surface area (Å²) in [7, 11) is 0. The summed E-state index contributed by atoms with van der Waals surface area (Å²) < 4.78 is 0. The van der Waals surface area contributed by atoms with Gasteiger partial charge in [0.2, 0.25) is 5.91 Å². The van der Waals surface area contributed by atoms with Crippen LogP contribution in [0.4, 0.5) is 17.2 Å². The number of amides is 2. The van der Waals surface area contributed by atoms with Crippen LogP contribution >= 0.6 is 0 Å². The van der Waals surface area contributed by atoms with Crippen LogP contribution in [0.5, 0.6) is 0 Å². The SMILES string of the molecule is Cc1ccc(N2CCC(Nc3ccc(C(=O)Nc4ccccc4)nn3)C2=O)cc1. The standard InChI is InChI=1S/C22H21N5O2/c1-15-7-9-17(10-8-15)27-14-13-19(22(27)29)24-20-12-11-18(25-26-20)21(28)23-16-5-3-2-4-6-16/h2-12,19H,13-14H2,1H3,(H,23,28)(H,24,26). The van der Waals surface area contributed by atoms with Gasteiger partial charge in [0, 0.05) is 17.9 Å². The summed E-state index contributed by atoms with van der Waals surface area (Å²) in [5, 5.41) is 13.9. The first kappa shape index (κ1) is 18.6. The van der Waals surface area contributed by atoms with Gasteiger partial charge in [0.15, 0.2) is 5.69 Å². The molecule has 4 rings (SSSR count). The molecule has 29 heavy (non-hydrogen) atoms. The number of anilines is 3. The van der Waals surface area contributed by atoms with Gasteiger partial charge in [-0.2, -0.15) is 0 Å². The molecule has 3 aromatic rings. The Bertz CT molecular complexity index is 1000. The highest BCUT2D eigenvalue weighted by Gasteiger charge is 2.32. The first-order valence-corrected chi connectivity index (χ1v) is 9.45. The van der Waals surface area contributed by atoms with Gasteiger partial charge in [-0.25, -0.2) is 0 Å². The second kappa shape index (κ2) is 8.10. The summed E-state index contributed by atoms with van der Waals surface area (Å²) in [5.41, 5.74) is 2.94. The molecule has 0 bridgehead atoms. The van der Waals surface area contributed by atoms with Crippen LogP contribution in [-0.2, 0) is 4.79 Å². The molecule has 1 fully saturated rings. The number of nitrogens with one attached hydrogen (secondary N) is 2. The van der Waals surface area contributed by atoms with Crippen LogP contribution in [0.3, 0.4) is 0 Å². The molecule has 2 N–H and O–H groups in total. The fourth-order valence-electron chi connectivity index (χ4n) is 3.22. The predicted octanol–water partition coefficient (Wildman–Crippen LogP) is 3.25. The molecule has 2 aromatic carbocycles. The first-order chi connectivity index (χ1) is 14.1. The highest BCUT2D eigenvalue weighted by molar-refractivity contribution is 6.03. The van der Waals surface area contributed by atoms with Gasteiger partial charge in [-0.1, -0.05) is 35.9 Å². The quantitative estimate of drug-likeness (QED) is 0.702. The Hall–Kier alpha value is -3.74. The zero-order chi connectivity index (χ0) is 20.2. The normalized spacial score (nSPS) is 16.0. The van der Waals surface area contributed by atoms with E-state index >= 15 is 0 Å². The van der Waals surface area contributed by atoms with E-state index < -0.39 is 0 Å². The van der Waals surface area contributed by atoms with Crippen LogP contribution < -0.4 is 15.5 Å². The topological polar surface area (TPSA) is 87.2 Å². The van der Waals surface area contributed by atoms with Gasteiger partial charge in [0.25, 0.3) is 5.91 Å². The molecule has 146 valence electrons. The fourth-order valence-corrected chi connectivity index (χ4v) is 3.22. The van der Waals surface area contributed by atoms with E-state index in [2.05, 4.69) is 20.8 Å². The minimum Gasteiger partial charge on any atom is -0.357 e. The molecule has 2 heterocycles. The van der Waals surface area contributed by atoms with E-state index in [0.29, 0.717) is 24.5 Å². The number of hydrogen-bond donors (Lipinski definition) is 2. The molecular weight excluding hydrogens is 366 g/mol. The van der Waals surface area contributed by atoms with Gasteiger partial charge < -0.3 is 15.5 Å². The third-order valence-corrected chi connectivity index (χ3v) is 4.80. The number of para-hydroxylation sites is 1. The summed E-state index contributed by atoms with van der Waals surface area (Å²) in [6, 6.07) is 19.9. The van der Waals surface area contributed by atoms with Gasteiger partial charge in [0.05, 0.1) is 0 Å². The van der Waals surface area contributed by atoms with Gasteiger partial charge >= 0.3 is 0 Å². The van der Waals surface area contributed by atoms with Crippen LogP contribution in [0.2, 0.25) is 0 Å². The van der Waals surface area contributed by atoms with Gasteiger partial charge in [-0.05, 0) is 49.7 Å². The average Bonchev–Trinajstić information content (AvgIpc) is 3.10. The summed E-state index contributed by atoms with van der Waals surface area (Å²) in [6.07, 6.45) is 0.671. The van der Waals surface area contributed by atoms with Crippen molar-refractivity contribution in [2.75, 3.05) is 22.1 Å². The Kier molecular flexibility index (Phi) is 5.20. The van der Waals surface area contributed by atoms with Crippen molar-refractivity contribution < 1.29 is 9.59 Å². The number of nitrogens with zero attached hydrogens (tertiary/aromatic N) is 3. The maximum Gasteiger partial charge on any atom is 0.276 e. The van der Waals surface area contributed by atoms with E-state index in [0.717, 1.165) is 11.3 Å². The fraction of sp³-hybridized carbons (Fsp3) is 0.182. The third-order valence-electron chi connectivity index (χ3n) is 4.80. The summed E-state index contributed by atoms with van der Waals surface area (Å²) in [5.74, 6) is 0.129. The van der Waals surface area contributed by atoms with Gasteiger partial charge in [-0.3, -0.25) is 9.59 Å². The van der Waals surface area contributed by atoms with Crippen LogP contribution in [0, 0.1) is 6.92 Å². The molecule has 0 aliphatic carbocycles. The molecule has 1 saturated heterocycles. The number of hydrogen-bond acceptors (Lipinski definition) is 5. The predicted molar refractivity (Wildman–Crippen MR) is 112 cm³/mol. The lowest BCUT2D eigenvalue weighted by atomic mass is 10.2. The second-order valence-corrected chi connectivity index (χ2v) is 6.93. The van der Waals surface area contributed by atoms with E-state index in [1.165, 1.54) is 0 Å². The minimum atomic E-state index is -0.366. The Morgan fingerprint density at radius 3 is 2.45 bits per heavy atom. The molecule has 0 spiro atoms.